The van der Waals surface area contributed by atoms with Gasteiger partial charge in [-0.05, 0) is 137 Å². The Balaban J connectivity index is 0.743. The van der Waals surface area contributed by atoms with Crippen LogP contribution in [0.2, 0.25) is 0 Å². The number of hydrogen-bond acceptors (Lipinski definition) is 16. The highest BCUT2D eigenvalue weighted by molar-refractivity contribution is 6.25. The third-order valence-electron chi connectivity index (χ3n) is 12.2. The molecule has 9 rings (SSSR count). The van der Waals surface area contributed by atoms with E-state index in [0.29, 0.717) is 0 Å². The maximum atomic E-state index is 13.2. The second-order valence-electron chi connectivity index (χ2n) is 16.5. The lowest BCUT2D eigenvalue weighted by Gasteiger charge is -2.21. The summed E-state index contributed by atoms with van der Waals surface area (Å²) in [6.45, 7) is 4.71. The van der Waals surface area contributed by atoms with Gasteiger partial charge in [0.2, 0.25) is 0 Å². The van der Waals surface area contributed by atoms with E-state index in [-0.39, 0.29) is 89.8 Å². The van der Waals surface area contributed by atoms with Crippen LogP contribution in [0.15, 0.2) is 131 Å². The van der Waals surface area contributed by atoms with Crippen molar-refractivity contribution in [3.8, 4) is 23.0 Å². The molecule has 0 radical (unpaired) electrons. The molecule has 5 aromatic rings. The average molecular weight is 971 g/mol. The Hall–Kier alpha value is -9.98. The molecule has 0 atom stereocenters. The number of benzene rings is 5. The van der Waals surface area contributed by atoms with Crippen molar-refractivity contribution in [3.05, 3.63) is 176 Å². The smallest absolute Gasteiger partial charge is 0.343 e. The van der Waals surface area contributed by atoms with E-state index in [1.807, 2.05) is 0 Å². The van der Waals surface area contributed by atoms with E-state index >= 15 is 0 Å². The fourth-order valence-corrected chi connectivity index (χ4v) is 7.83. The number of carbonyl (C=O) groups excluding carboxylic acids is 12. The molecule has 72 heavy (non-hydrogen) atoms. The lowest BCUT2D eigenvalue weighted by molar-refractivity contribution is -0.140. The van der Waals surface area contributed by atoms with Gasteiger partial charge in [0.1, 0.15) is 36.3 Å². The quantitative estimate of drug-likeness (QED) is 0.0897. The zero-order chi connectivity index (χ0) is 51.4. The third kappa shape index (κ3) is 8.37. The molecule has 0 N–H and O–H groups in total. The monoisotopic (exact) mass is 970 g/mol. The molecule has 4 aliphatic heterocycles. The van der Waals surface area contributed by atoms with Gasteiger partial charge in [-0.2, -0.15) is 0 Å². The molecule has 0 spiro atoms. The summed E-state index contributed by atoms with van der Waals surface area (Å²) in [6.07, 6.45) is 0. The van der Waals surface area contributed by atoms with E-state index in [1.54, 1.807) is 0 Å². The van der Waals surface area contributed by atoms with Crippen LogP contribution in [-0.2, 0) is 19.2 Å². The normalized spacial score (nSPS) is 15.3. The largest absolute Gasteiger partial charge is 0.423 e. The Morgan fingerprint density at radius 2 is 0.528 bits per heavy atom. The van der Waals surface area contributed by atoms with Gasteiger partial charge < -0.3 is 18.9 Å². The lowest BCUT2D eigenvalue weighted by atomic mass is 10.1. The second kappa shape index (κ2) is 18.2. The van der Waals surface area contributed by atoms with Crippen LogP contribution in [0, 0.1) is 0 Å². The summed E-state index contributed by atoms with van der Waals surface area (Å²) in [5, 5.41) is 0. The molecule has 0 bridgehead atoms. The fraction of sp³-hybridized carbons (Fsp3) is 0.115. The number of amides is 8. The van der Waals surface area contributed by atoms with Crippen molar-refractivity contribution >= 4 is 71.1 Å². The first kappa shape index (κ1) is 47.1. The number of ether oxygens (including phenoxy) is 4. The molecule has 20 nitrogen and oxygen atoms in total. The minimum absolute atomic E-state index is 0.0195. The van der Waals surface area contributed by atoms with Gasteiger partial charge in [-0.1, -0.05) is 0 Å². The van der Waals surface area contributed by atoms with Crippen molar-refractivity contribution in [3.63, 3.8) is 0 Å². The molecule has 0 aliphatic carbocycles. The maximum Gasteiger partial charge on any atom is 0.343 e. The molecule has 0 saturated carbocycles. The SMILES string of the molecule is CC1=C(C)C(=O)N(CN2C(=O)c3ccc(C(=O)Oc4ccc(C(=O)Oc5ccc(OC(=O)c6ccc(OC(=O)c7ccc8c(c7)C(=O)N(CN7C(=O)C(C)=C(C)C7=O)C8=O)cc6)cc5)cc4)cc3C2=O)C1=O. The van der Waals surface area contributed by atoms with Gasteiger partial charge in [0.05, 0.1) is 44.5 Å². The van der Waals surface area contributed by atoms with Crippen LogP contribution in [0.1, 0.15) is 111 Å². The van der Waals surface area contributed by atoms with E-state index in [9.17, 15) is 57.5 Å². The summed E-state index contributed by atoms with van der Waals surface area (Å²) in [7, 11) is 0. The first-order valence-corrected chi connectivity index (χ1v) is 21.6. The van der Waals surface area contributed by atoms with Crippen molar-refractivity contribution in [1.82, 2.24) is 19.6 Å². The predicted octanol–water partition coefficient (Wildman–Crippen LogP) is 5.08. The summed E-state index contributed by atoms with van der Waals surface area (Å²) in [5.41, 5.74) is 0.600. The first-order valence-electron chi connectivity index (χ1n) is 21.6. The highest BCUT2D eigenvalue weighted by Crippen LogP contribution is 2.30. The molecule has 4 heterocycles. The topological polar surface area (TPSA) is 255 Å². The zero-order valence-electron chi connectivity index (χ0n) is 38.1. The summed E-state index contributed by atoms with van der Waals surface area (Å²) in [5.74, 6) is -8.59. The average Bonchev–Trinajstić information content (AvgIpc) is 3.91. The molecule has 8 amide bonds. The molecule has 5 aromatic carbocycles. The van der Waals surface area contributed by atoms with Crippen molar-refractivity contribution < 1.29 is 76.5 Å². The van der Waals surface area contributed by atoms with Gasteiger partial charge in [-0.3, -0.25) is 58.0 Å². The summed E-state index contributed by atoms with van der Waals surface area (Å²) in [6, 6.07) is 23.7. The van der Waals surface area contributed by atoms with Crippen molar-refractivity contribution in [1.29, 1.82) is 0 Å². The van der Waals surface area contributed by atoms with Gasteiger partial charge in [0, 0.05) is 22.3 Å². The molecule has 4 aliphatic rings. The molecule has 0 aromatic heterocycles. The Labute approximate surface area is 406 Å². The molecule has 0 unspecified atom stereocenters. The Kier molecular flexibility index (Phi) is 11.9. The van der Waals surface area contributed by atoms with Gasteiger partial charge in [-0.25, -0.2) is 19.2 Å². The van der Waals surface area contributed by atoms with Gasteiger partial charge in [-0.15, -0.1) is 0 Å². The Morgan fingerprint density at radius 3 is 0.819 bits per heavy atom. The van der Waals surface area contributed by atoms with Crippen LogP contribution in [0.25, 0.3) is 0 Å². The van der Waals surface area contributed by atoms with Crippen LogP contribution >= 0.6 is 0 Å². The summed E-state index contributed by atoms with van der Waals surface area (Å²) >= 11 is 0. The number of carbonyl (C=O) groups is 12. The third-order valence-corrected chi connectivity index (χ3v) is 12.2. The first-order chi connectivity index (χ1) is 34.3. The number of rotatable bonds is 12. The Bertz CT molecular complexity index is 3150. The van der Waals surface area contributed by atoms with E-state index in [2.05, 4.69) is 0 Å². The molecular formula is C52H34N4O16. The lowest BCUT2D eigenvalue weighted by Crippen LogP contribution is -2.44. The second-order valence-corrected chi connectivity index (χ2v) is 16.5. The van der Waals surface area contributed by atoms with E-state index in [4.69, 9.17) is 18.9 Å². The van der Waals surface area contributed by atoms with Gasteiger partial charge in [0.15, 0.2) is 0 Å². The highest BCUT2D eigenvalue weighted by Gasteiger charge is 2.43. The van der Waals surface area contributed by atoms with Crippen molar-refractivity contribution in [2.45, 2.75) is 27.7 Å². The van der Waals surface area contributed by atoms with Crippen LogP contribution in [-0.4, -0.2) is 104 Å². The zero-order valence-corrected chi connectivity index (χ0v) is 38.1. The number of nitrogens with zero attached hydrogens (tertiary/aromatic N) is 4. The van der Waals surface area contributed by atoms with E-state index in [1.165, 1.54) is 137 Å². The maximum absolute atomic E-state index is 13.2. The highest BCUT2D eigenvalue weighted by atomic mass is 16.5. The van der Waals surface area contributed by atoms with Crippen molar-refractivity contribution in [2.24, 2.45) is 0 Å². The van der Waals surface area contributed by atoms with Gasteiger partial charge >= 0.3 is 23.9 Å². The fourth-order valence-electron chi connectivity index (χ4n) is 7.83. The van der Waals surface area contributed by atoms with E-state index < -0.39 is 84.5 Å². The molecule has 20 heteroatoms. The molecule has 0 fully saturated rings. The van der Waals surface area contributed by atoms with Crippen LogP contribution < -0.4 is 18.9 Å². The van der Waals surface area contributed by atoms with Crippen molar-refractivity contribution in [2.75, 3.05) is 13.3 Å². The van der Waals surface area contributed by atoms with Crippen LogP contribution in [0.3, 0.4) is 0 Å². The minimum atomic E-state index is -0.882. The molecule has 0 saturated heterocycles. The van der Waals surface area contributed by atoms with Crippen LogP contribution in [0.4, 0.5) is 0 Å². The number of hydrogen-bond donors (Lipinski definition) is 0. The molecular weight excluding hydrogens is 937 g/mol. The summed E-state index contributed by atoms with van der Waals surface area (Å²) in [4.78, 5) is 158. The van der Waals surface area contributed by atoms with Crippen LogP contribution in [0.5, 0.6) is 23.0 Å². The Morgan fingerprint density at radius 1 is 0.306 bits per heavy atom. The number of fused-ring (bicyclic) bond motifs is 2. The molecule has 358 valence electrons. The van der Waals surface area contributed by atoms with E-state index in [0.717, 1.165) is 19.6 Å². The number of imide groups is 4. The van der Waals surface area contributed by atoms with Gasteiger partial charge in [0.25, 0.3) is 47.3 Å². The summed E-state index contributed by atoms with van der Waals surface area (Å²) < 4.78 is 21.7. The standard InChI is InChI=1S/C52H34N4O16/c1-25-26(2)42(58)53(41(25)57)23-55-45(61)37-19-9-31(21-39(37)47(55)63)51(67)71-33-11-5-29(6-12-33)49(65)69-35-15-17-36(18-16-35)70-50(66)30-7-13-34(14-8-30)72-52(68)32-10-20-38-40(22-32)48(64)56(46(38)62)24-54-43(59)27(3)28(4)44(54)60/h5-22H,23-24H2,1-4H3. The predicted molar refractivity (Wildman–Crippen MR) is 243 cm³/mol. The number of esters is 4. The minimum Gasteiger partial charge on any atom is -0.423 e.